The first-order chi connectivity index (χ1) is 9.10. The maximum absolute atomic E-state index is 11.9. The van der Waals surface area contributed by atoms with E-state index < -0.39 is 10.0 Å². The van der Waals surface area contributed by atoms with Gasteiger partial charge in [0.25, 0.3) is 10.0 Å². The molecule has 6 nitrogen and oxygen atoms in total. The maximum atomic E-state index is 11.9. The molecule has 1 aromatic rings. The molecule has 0 spiro atoms. The zero-order chi connectivity index (χ0) is 14.1. The molecule has 0 bridgehead atoms. The molecular formula is C12H21N3O3S. The Kier molecular flexibility index (Phi) is 6.93. The standard InChI is InChI=1S/C12H21N3O3S/c1-3-13-9-11-5-6-12(14-10-11)19(16,17)15-7-4-8-18-2/h5-6,10,13,15H,3-4,7-9H2,1-2H3. The van der Waals surface area contributed by atoms with Crippen LogP contribution in [0.25, 0.3) is 0 Å². The first-order valence-corrected chi connectivity index (χ1v) is 7.72. The third-order valence-corrected chi connectivity index (χ3v) is 3.85. The van der Waals surface area contributed by atoms with Crippen molar-refractivity contribution in [3.8, 4) is 0 Å². The number of rotatable bonds is 9. The molecule has 0 aliphatic carbocycles. The molecule has 0 unspecified atom stereocenters. The minimum atomic E-state index is -3.52. The molecule has 1 aromatic heterocycles. The van der Waals surface area contributed by atoms with Gasteiger partial charge in [0, 0.05) is 33.0 Å². The van der Waals surface area contributed by atoms with Crippen LogP contribution in [0, 0.1) is 0 Å². The van der Waals surface area contributed by atoms with Crippen molar-refractivity contribution in [2.45, 2.75) is 24.9 Å². The summed E-state index contributed by atoms with van der Waals surface area (Å²) in [5.41, 5.74) is 0.959. The van der Waals surface area contributed by atoms with Crippen LogP contribution < -0.4 is 10.0 Å². The highest BCUT2D eigenvalue weighted by atomic mass is 32.2. The number of aromatic nitrogens is 1. The van der Waals surface area contributed by atoms with Crippen LogP contribution in [0.4, 0.5) is 0 Å². The van der Waals surface area contributed by atoms with Crippen molar-refractivity contribution in [2.24, 2.45) is 0 Å². The Labute approximate surface area is 114 Å². The molecule has 0 radical (unpaired) electrons. The van der Waals surface area contributed by atoms with E-state index in [2.05, 4.69) is 15.0 Å². The van der Waals surface area contributed by atoms with Crippen LogP contribution >= 0.6 is 0 Å². The van der Waals surface area contributed by atoms with Crippen LogP contribution in [0.3, 0.4) is 0 Å². The lowest BCUT2D eigenvalue weighted by Gasteiger charge is -2.07. The minimum absolute atomic E-state index is 0.0464. The molecule has 2 N–H and O–H groups in total. The lowest BCUT2D eigenvalue weighted by atomic mass is 10.3. The second-order valence-corrected chi connectivity index (χ2v) is 5.74. The summed E-state index contributed by atoms with van der Waals surface area (Å²) in [5, 5.41) is 3.20. The molecule has 19 heavy (non-hydrogen) atoms. The van der Waals surface area contributed by atoms with Gasteiger partial charge in [-0.2, -0.15) is 0 Å². The zero-order valence-corrected chi connectivity index (χ0v) is 12.2. The third kappa shape index (κ3) is 5.65. The van der Waals surface area contributed by atoms with Crippen molar-refractivity contribution in [1.29, 1.82) is 0 Å². The average Bonchev–Trinajstić information content (AvgIpc) is 2.42. The largest absolute Gasteiger partial charge is 0.385 e. The fourth-order valence-corrected chi connectivity index (χ4v) is 2.44. The third-order valence-electron chi connectivity index (χ3n) is 2.47. The van der Waals surface area contributed by atoms with Crippen LogP contribution in [-0.4, -0.2) is 40.2 Å². The number of sulfonamides is 1. The molecule has 0 saturated carbocycles. The van der Waals surface area contributed by atoms with E-state index in [9.17, 15) is 8.42 Å². The molecule has 0 atom stereocenters. The van der Waals surface area contributed by atoms with Crippen molar-refractivity contribution < 1.29 is 13.2 Å². The Morgan fingerprint density at radius 2 is 2.16 bits per heavy atom. The predicted octanol–water partition coefficient (Wildman–Crippen LogP) is 0.506. The van der Waals surface area contributed by atoms with Crippen LogP contribution in [0.1, 0.15) is 18.9 Å². The van der Waals surface area contributed by atoms with E-state index in [0.717, 1.165) is 12.1 Å². The normalized spacial score (nSPS) is 11.7. The Hall–Kier alpha value is -1.02. The molecule has 1 rings (SSSR count). The van der Waals surface area contributed by atoms with Crippen LogP contribution in [0.5, 0.6) is 0 Å². The highest BCUT2D eigenvalue weighted by Gasteiger charge is 2.14. The Morgan fingerprint density at radius 1 is 1.37 bits per heavy atom. The summed E-state index contributed by atoms with van der Waals surface area (Å²) >= 11 is 0. The lowest BCUT2D eigenvalue weighted by molar-refractivity contribution is 0.196. The van der Waals surface area contributed by atoms with E-state index in [1.807, 2.05) is 6.92 Å². The van der Waals surface area contributed by atoms with E-state index >= 15 is 0 Å². The van der Waals surface area contributed by atoms with Crippen LogP contribution in [0.2, 0.25) is 0 Å². The quantitative estimate of drug-likeness (QED) is 0.647. The smallest absolute Gasteiger partial charge is 0.258 e. The zero-order valence-electron chi connectivity index (χ0n) is 11.3. The van der Waals surface area contributed by atoms with Gasteiger partial charge in [0.15, 0.2) is 5.03 Å². The summed E-state index contributed by atoms with van der Waals surface area (Å²) in [4.78, 5) is 3.98. The van der Waals surface area contributed by atoms with Gasteiger partial charge in [-0.05, 0) is 24.6 Å². The van der Waals surface area contributed by atoms with E-state index in [1.54, 1.807) is 19.4 Å². The Morgan fingerprint density at radius 3 is 2.74 bits per heavy atom. The van der Waals surface area contributed by atoms with Gasteiger partial charge in [-0.15, -0.1) is 0 Å². The molecule has 0 aromatic carbocycles. The summed E-state index contributed by atoms with van der Waals surface area (Å²) in [7, 11) is -1.93. The SMILES string of the molecule is CCNCc1ccc(S(=O)(=O)NCCCOC)nc1. The van der Waals surface area contributed by atoms with Crippen molar-refractivity contribution in [2.75, 3.05) is 26.8 Å². The molecule has 0 amide bonds. The molecule has 108 valence electrons. The van der Waals surface area contributed by atoms with E-state index in [4.69, 9.17) is 4.74 Å². The van der Waals surface area contributed by atoms with Crippen molar-refractivity contribution in [3.63, 3.8) is 0 Å². The average molecular weight is 287 g/mol. The van der Waals surface area contributed by atoms with E-state index in [-0.39, 0.29) is 5.03 Å². The molecule has 7 heteroatoms. The Bertz CT molecular complexity index is 460. The summed E-state index contributed by atoms with van der Waals surface area (Å²) in [6, 6.07) is 3.28. The predicted molar refractivity (Wildman–Crippen MR) is 73.3 cm³/mol. The van der Waals surface area contributed by atoms with Crippen LogP contribution in [0.15, 0.2) is 23.4 Å². The second-order valence-electron chi connectivity index (χ2n) is 4.03. The van der Waals surface area contributed by atoms with Crippen molar-refractivity contribution >= 4 is 10.0 Å². The van der Waals surface area contributed by atoms with Gasteiger partial charge in [-0.25, -0.2) is 18.1 Å². The fourth-order valence-electron chi connectivity index (χ4n) is 1.44. The lowest BCUT2D eigenvalue weighted by Crippen LogP contribution is -2.26. The number of hydrogen-bond acceptors (Lipinski definition) is 5. The van der Waals surface area contributed by atoms with Gasteiger partial charge < -0.3 is 10.1 Å². The van der Waals surface area contributed by atoms with Gasteiger partial charge in [-0.1, -0.05) is 13.0 Å². The number of hydrogen-bond donors (Lipinski definition) is 2. The van der Waals surface area contributed by atoms with Gasteiger partial charge in [0.2, 0.25) is 0 Å². The number of nitrogens with one attached hydrogen (secondary N) is 2. The highest BCUT2D eigenvalue weighted by molar-refractivity contribution is 7.89. The number of ether oxygens (including phenoxy) is 1. The van der Waals surface area contributed by atoms with Gasteiger partial charge in [-0.3, -0.25) is 0 Å². The number of pyridine rings is 1. The topological polar surface area (TPSA) is 80.3 Å². The molecule has 0 saturated heterocycles. The second kappa shape index (κ2) is 8.21. The van der Waals surface area contributed by atoms with Gasteiger partial charge in [0.05, 0.1) is 0 Å². The summed E-state index contributed by atoms with van der Waals surface area (Å²) in [5.74, 6) is 0. The first kappa shape index (κ1) is 16.0. The molecule has 1 heterocycles. The minimum Gasteiger partial charge on any atom is -0.385 e. The maximum Gasteiger partial charge on any atom is 0.258 e. The van der Waals surface area contributed by atoms with Gasteiger partial charge >= 0.3 is 0 Å². The summed E-state index contributed by atoms with van der Waals surface area (Å²) in [6.45, 7) is 4.43. The highest BCUT2D eigenvalue weighted by Crippen LogP contribution is 2.06. The van der Waals surface area contributed by atoms with Crippen molar-refractivity contribution in [3.05, 3.63) is 23.9 Å². The summed E-state index contributed by atoms with van der Waals surface area (Å²) < 4.78 is 31.1. The van der Waals surface area contributed by atoms with Crippen molar-refractivity contribution in [1.82, 2.24) is 15.0 Å². The molecular weight excluding hydrogens is 266 g/mol. The number of nitrogens with zero attached hydrogens (tertiary/aromatic N) is 1. The van der Waals surface area contributed by atoms with Gasteiger partial charge in [0.1, 0.15) is 0 Å². The first-order valence-electron chi connectivity index (χ1n) is 6.24. The Balaban J connectivity index is 2.58. The molecule has 0 fully saturated rings. The molecule has 0 aliphatic rings. The number of methoxy groups -OCH3 is 1. The monoisotopic (exact) mass is 287 g/mol. The fraction of sp³-hybridized carbons (Fsp3) is 0.583. The van der Waals surface area contributed by atoms with Crippen LogP contribution in [-0.2, 0) is 21.3 Å². The van der Waals surface area contributed by atoms with E-state index in [1.165, 1.54) is 6.07 Å². The molecule has 0 aliphatic heterocycles. The summed E-state index contributed by atoms with van der Waals surface area (Å²) in [6.07, 6.45) is 2.21. The van der Waals surface area contributed by atoms with E-state index in [0.29, 0.717) is 26.1 Å².